The second-order valence-electron chi connectivity index (χ2n) is 18.7. The second-order valence-corrected chi connectivity index (χ2v) is 18.7. The molecule has 3 aliphatic rings. The van der Waals surface area contributed by atoms with Gasteiger partial charge in [0.1, 0.15) is 0 Å². The van der Waals surface area contributed by atoms with Gasteiger partial charge in [-0.2, -0.15) is 0 Å². The van der Waals surface area contributed by atoms with E-state index in [1.807, 2.05) is 0 Å². The third-order valence-electron chi connectivity index (χ3n) is 13.6. The van der Waals surface area contributed by atoms with E-state index in [1.165, 1.54) is 105 Å². The first-order valence-electron chi connectivity index (χ1n) is 20.1. The summed E-state index contributed by atoms with van der Waals surface area (Å²) in [6.07, 6.45) is 2.40. The predicted molar refractivity (Wildman–Crippen MR) is 234 cm³/mol. The molecule has 0 aromatic heterocycles. The molecule has 3 aliphatic carbocycles. The predicted octanol–water partition coefficient (Wildman–Crippen LogP) is 14.3. The summed E-state index contributed by atoms with van der Waals surface area (Å²) in [5.74, 6) is 0. The molecule has 2 unspecified atom stereocenters. The molecular formula is C55H50. The Morgan fingerprint density at radius 3 is 1.89 bits per heavy atom. The summed E-state index contributed by atoms with van der Waals surface area (Å²) in [7, 11) is 0. The minimum atomic E-state index is -0.512. The van der Waals surface area contributed by atoms with Gasteiger partial charge >= 0.3 is 0 Å². The first kappa shape index (κ1) is 34.1. The van der Waals surface area contributed by atoms with Crippen LogP contribution in [0, 0.1) is 6.92 Å². The number of rotatable bonds is 3. The number of benzene rings is 7. The Labute approximate surface area is 327 Å². The van der Waals surface area contributed by atoms with Gasteiger partial charge in [-0.15, -0.1) is 0 Å². The molecule has 0 heterocycles. The first-order chi connectivity index (χ1) is 26.3. The van der Waals surface area contributed by atoms with Crippen molar-refractivity contribution in [3.63, 3.8) is 0 Å². The van der Waals surface area contributed by atoms with Gasteiger partial charge in [0.15, 0.2) is 0 Å². The highest BCUT2D eigenvalue weighted by molar-refractivity contribution is 6.11. The zero-order valence-electron chi connectivity index (χ0n) is 33.8. The summed E-state index contributed by atoms with van der Waals surface area (Å²) >= 11 is 0. The van der Waals surface area contributed by atoms with Gasteiger partial charge in [-0.25, -0.2) is 0 Å². The fourth-order valence-electron chi connectivity index (χ4n) is 10.7. The van der Waals surface area contributed by atoms with Crippen LogP contribution in [0.5, 0.6) is 0 Å². The van der Waals surface area contributed by atoms with Crippen molar-refractivity contribution in [3.8, 4) is 22.3 Å². The van der Waals surface area contributed by atoms with Crippen LogP contribution in [0.1, 0.15) is 122 Å². The van der Waals surface area contributed by atoms with Crippen LogP contribution in [0.25, 0.3) is 44.7 Å². The van der Waals surface area contributed by atoms with E-state index < -0.39 is 5.41 Å². The molecule has 0 heteroatoms. The van der Waals surface area contributed by atoms with Gasteiger partial charge in [0.2, 0.25) is 0 Å². The van der Waals surface area contributed by atoms with Crippen LogP contribution < -0.4 is 0 Å². The van der Waals surface area contributed by atoms with Crippen molar-refractivity contribution >= 4 is 22.4 Å². The fourth-order valence-corrected chi connectivity index (χ4v) is 10.7. The van der Waals surface area contributed by atoms with Crippen LogP contribution in [0.15, 0.2) is 133 Å². The Morgan fingerprint density at radius 2 is 1.16 bits per heavy atom. The lowest BCUT2D eigenvalue weighted by Gasteiger charge is -2.47. The number of fused-ring (bicyclic) bond motifs is 11. The minimum absolute atomic E-state index is 0.00438. The quantitative estimate of drug-likeness (QED) is 0.160. The summed E-state index contributed by atoms with van der Waals surface area (Å²) in [6.45, 7) is 21.1. The molecule has 0 saturated heterocycles. The van der Waals surface area contributed by atoms with Gasteiger partial charge in [0.05, 0.1) is 5.41 Å². The van der Waals surface area contributed by atoms with Crippen molar-refractivity contribution in [2.45, 2.75) is 84.0 Å². The van der Waals surface area contributed by atoms with Gasteiger partial charge in [0.25, 0.3) is 0 Å². The van der Waals surface area contributed by atoms with E-state index >= 15 is 0 Å². The van der Waals surface area contributed by atoms with Gasteiger partial charge in [0, 0.05) is 5.41 Å². The van der Waals surface area contributed by atoms with E-state index in [4.69, 9.17) is 0 Å². The molecule has 0 nitrogen and oxygen atoms in total. The average Bonchev–Trinajstić information content (AvgIpc) is 3.62. The number of allylic oxidation sites excluding steroid dienone is 1. The lowest BCUT2D eigenvalue weighted by atomic mass is 9.54. The molecule has 0 saturated carbocycles. The lowest BCUT2D eigenvalue weighted by molar-refractivity contribution is 0.573. The largest absolute Gasteiger partial charge is 0.0720 e. The standard InChI is InChI=1S/C55H50/c1-33-16-10-11-17-35(33)30-34(2)44-32-48-49(41-20-13-12-18-39(41)44)43-28-27-42-40-19-14-15-21-45(40)54(9)47-31-38(53(6,7)8)26-29-46(47)55(48,51(43)50(42)54)37-24-22-36(23-25-37)52(3,4)5/h10-32H,1-9H3/b34-30+. The summed E-state index contributed by atoms with van der Waals surface area (Å²) < 4.78 is 0. The van der Waals surface area contributed by atoms with Gasteiger partial charge in [-0.3, -0.25) is 0 Å². The van der Waals surface area contributed by atoms with Crippen LogP contribution in [0.4, 0.5) is 0 Å². The fraction of sp³-hybridized carbons (Fsp3) is 0.236. The summed E-state index contributed by atoms with van der Waals surface area (Å²) in [6, 6.07) is 52.0. The normalized spacial score (nSPS) is 19.3. The number of aryl methyl sites for hydroxylation is 1. The Balaban J connectivity index is 1.41. The highest BCUT2D eigenvalue weighted by atomic mass is 14.6. The van der Waals surface area contributed by atoms with Crippen LogP contribution in [0.2, 0.25) is 0 Å². The zero-order valence-corrected chi connectivity index (χ0v) is 33.8. The second kappa shape index (κ2) is 11.3. The molecule has 0 aliphatic heterocycles. The summed E-state index contributed by atoms with van der Waals surface area (Å²) in [5.41, 5.74) is 22.6. The molecule has 2 atom stereocenters. The highest BCUT2D eigenvalue weighted by Gasteiger charge is 2.59. The molecule has 7 aromatic rings. The molecule has 0 spiro atoms. The Morgan fingerprint density at radius 1 is 0.527 bits per heavy atom. The average molecular weight is 711 g/mol. The molecule has 0 fully saturated rings. The maximum Gasteiger partial charge on any atom is 0.0720 e. The Bertz CT molecular complexity index is 2790. The third kappa shape index (κ3) is 4.46. The van der Waals surface area contributed by atoms with E-state index in [0.29, 0.717) is 0 Å². The van der Waals surface area contributed by atoms with Crippen LogP contribution in [-0.4, -0.2) is 0 Å². The van der Waals surface area contributed by atoms with E-state index in [1.54, 1.807) is 0 Å². The van der Waals surface area contributed by atoms with Crippen LogP contribution in [-0.2, 0) is 21.7 Å². The summed E-state index contributed by atoms with van der Waals surface area (Å²) in [4.78, 5) is 0. The molecule has 0 bridgehead atoms. The van der Waals surface area contributed by atoms with Crippen LogP contribution in [0.3, 0.4) is 0 Å². The van der Waals surface area contributed by atoms with Gasteiger partial charge < -0.3 is 0 Å². The monoisotopic (exact) mass is 710 g/mol. The highest BCUT2D eigenvalue weighted by Crippen LogP contribution is 2.69. The molecule has 0 radical (unpaired) electrons. The SMILES string of the molecule is C/C(=C\c1ccccc1C)c1cc2c(c3ccccc13)-c1ccc3c4c1C2(c1ccc(C(C)(C)C)cc1)c1ccc(C(C)(C)C)cc1C4(C)c1ccccc1-3. The van der Waals surface area contributed by atoms with Crippen molar-refractivity contribution in [3.05, 3.63) is 200 Å². The number of hydrogen-bond donors (Lipinski definition) is 0. The van der Waals surface area contributed by atoms with E-state index in [2.05, 4.69) is 202 Å². The topological polar surface area (TPSA) is 0 Å². The van der Waals surface area contributed by atoms with E-state index in [0.717, 1.165) is 0 Å². The summed E-state index contributed by atoms with van der Waals surface area (Å²) in [5, 5.41) is 2.64. The first-order valence-corrected chi connectivity index (χ1v) is 20.1. The maximum absolute atomic E-state index is 2.60. The van der Waals surface area contributed by atoms with Gasteiger partial charge in [-0.05, 0) is 143 Å². The Hall–Kier alpha value is -5.46. The van der Waals surface area contributed by atoms with E-state index in [-0.39, 0.29) is 16.2 Å². The van der Waals surface area contributed by atoms with Crippen LogP contribution >= 0.6 is 0 Å². The molecule has 0 amide bonds. The van der Waals surface area contributed by atoms with Crippen molar-refractivity contribution in [1.82, 2.24) is 0 Å². The van der Waals surface area contributed by atoms with Crippen molar-refractivity contribution in [1.29, 1.82) is 0 Å². The molecule has 55 heavy (non-hydrogen) atoms. The van der Waals surface area contributed by atoms with E-state index in [9.17, 15) is 0 Å². The van der Waals surface area contributed by atoms with Crippen molar-refractivity contribution in [2.75, 3.05) is 0 Å². The minimum Gasteiger partial charge on any atom is -0.0620 e. The molecule has 0 N–H and O–H groups in total. The van der Waals surface area contributed by atoms with Crippen molar-refractivity contribution in [2.24, 2.45) is 0 Å². The molecule has 270 valence electrons. The van der Waals surface area contributed by atoms with Gasteiger partial charge in [-0.1, -0.05) is 175 Å². The van der Waals surface area contributed by atoms with Crippen molar-refractivity contribution < 1.29 is 0 Å². The molecular weight excluding hydrogens is 661 g/mol. The third-order valence-corrected chi connectivity index (χ3v) is 13.6. The Kier molecular flexibility index (Phi) is 7.00. The zero-order chi connectivity index (χ0) is 38.2. The smallest absolute Gasteiger partial charge is 0.0620 e. The lowest BCUT2D eigenvalue weighted by Crippen LogP contribution is -2.41. The molecule has 7 aromatic carbocycles. The molecule has 10 rings (SSSR count). The number of hydrogen-bond acceptors (Lipinski definition) is 0. The maximum atomic E-state index is 2.60.